The van der Waals surface area contributed by atoms with Crippen molar-refractivity contribution in [2.45, 2.75) is 26.3 Å². The fourth-order valence-corrected chi connectivity index (χ4v) is 3.25. The normalized spacial score (nSPS) is 10.8. The predicted molar refractivity (Wildman–Crippen MR) is 118 cm³/mol. The second-order valence-corrected chi connectivity index (χ2v) is 7.92. The summed E-state index contributed by atoms with van der Waals surface area (Å²) in [6, 6.07) is 11.2. The molecule has 1 heterocycles. The van der Waals surface area contributed by atoms with E-state index in [1.807, 2.05) is 47.0 Å². The van der Waals surface area contributed by atoms with E-state index in [9.17, 15) is 9.59 Å². The Morgan fingerprint density at radius 3 is 2.41 bits per heavy atom. The van der Waals surface area contributed by atoms with Gasteiger partial charge < -0.3 is 19.1 Å². The Hall–Kier alpha value is -2.12. The molecule has 0 radical (unpaired) electrons. The van der Waals surface area contributed by atoms with Crippen LogP contribution in [0.15, 0.2) is 47.1 Å². The Labute approximate surface area is 181 Å². The third-order valence-corrected chi connectivity index (χ3v) is 5.34. The standard InChI is InChI=1S/C22H30BrN3O3/c1-4-5-13-25(16-20-7-6-12-24(20)2)21(27)17-26(14-15-29-3)22(28)18-8-10-19(23)11-9-18/h6-12H,4-5,13-17H2,1-3H3. The number of benzene rings is 1. The minimum atomic E-state index is -0.169. The zero-order valence-corrected chi connectivity index (χ0v) is 19.0. The number of nitrogens with zero attached hydrogens (tertiary/aromatic N) is 3. The molecule has 0 unspecified atom stereocenters. The average Bonchev–Trinajstić information content (AvgIpc) is 3.12. The molecule has 0 saturated carbocycles. The molecule has 1 aromatic carbocycles. The van der Waals surface area contributed by atoms with Gasteiger partial charge in [0.15, 0.2) is 0 Å². The van der Waals surface area contributed by atoms with Crippen molar-refractivity contribution in [2.75, 3.05) is 33.4 Å². The lowest BCUT2D eigenvalue weighted by Crippen LogP contribution is -2.44. The fraction of sp³-hybridized carbons (Fsp3) is 0.455. The molecule has 158 valence electrons. The van der Waals surface area contributed by atoms with E-state index in [1.54, 1.807) is 24.1 Å². The molecule has 2 aromatic rings. The van der Waals surface area contributed by atoms with Crippen LogP contribution in [0, 0.1) is 0 Å². The fourth-order valence-electron chi connectivity index (χ4n) is 2.99. The predicted octanol–water partition coefficient (Wildman–Crippen LogP) is 3.71. The zero-order valence-electron chi connectivity index (χ0n) is 17.4. The maximum absolute atomic E-state index is 13.1. The van der Waals surface area contributed by atoms with E-state index in [1.165, 1.54) is 0 Å². The number of methoxy groups -OCH3 is 1. The largest absolute Gasteiger partial charge is 0.383 e. The van der Waals surface area contributed by atoms with Gasteiger partial charge in [0.05, 0.1) is 13.2 Å². The van der Waals surface area contributed by atoms with Gasteiger partial charge in [-0.1, -0.05) is 29.3 Å². The summed E-state index contributed by atoms with van der Waals surface area (Å²) in [5.74, 6) is -0.224. The average molecular weight is 464 g/mol. The molecule has 7 heteroatoms. The third kappa shape index (κ3) is 7.01. The number of amides is 2. The number of unbranched alkanes of at least 4 members (excludes halogenated alkanes) is 1. The van der Waals surface area contributed by atoms with Crippen molar-refractivity contribution in [3.05, 3.63) is 58.3 Å². The first-order valence-electron chi connectivity index (χ1n) is 9.88. The molecule has 2 rings (SSSR count). The summed E-state index contributed by atoms with van der Waals surface area (Å²) in [7, 11) is 3.56. The summed E-state index contributed by atoms with van der Waals surface area (Å²) in [5.41, 5.74) is 1.62. The van der Waals surface area contributed by atoms with E-state index in [0.29, 0.717) is 31.8 Å². The molecule has 2 amide bonds. The molecule has 0 fully saturated rings. The monoisotopic (exact) mass is 463 g/mol. The van der Waals surface area contributed by atoms with Crippen LogP contribution in [0.25, 0.3) is 0 Å². The van der Waals surface area contributed by atoms with Crippen LogP contribution in [0.5, 0.6) is 0 Å². The maximum atomic E-state index is 13.1. The minimum absolute atomic E-state index is 0.0341. The quantitative estimate of drug-likeness (QED) is 0.510. The number of carbonyl (C=O) groups excluding carboxylic acids is 2. The summed E-state index contributed by atoms with van der Waals surface area (Å²) in [4.78, 5) is 29.5. The number of aryl methyl sites for hydroxylation is 1. The number of hydrogen-bond acceptors (Lipinski definition) is 3. The van der Waals surface area contributed by atoms with E-state index < -0.39 is 0 Å². The molecule has 0 aliphatic carbocycles. The molecule has 0 saturated heterocycles. The molecule has 0 aliphatic heterocycles. The van der Waals surface area contributed by atoms with Gasteiger partial charge in [0.25, 0.3) is 5.91 Å². The van der Waals surface area contributed by atoms with Gasteiger partial charge in [0.1, 0.15) is 6.54 Å². The van der Waals surface area contributed by atoms with Crippen LogP contribution in [0.1, 0.15) is 35.8 Å². The first-order chi connectivity index (χ1) is 14.0. The number of carbonyl (C=O) groups is 2. The van der Waals surface area contributed by atoms with Crippen LogP contribution >= 0.6 is 15.9 Å². The van der Waals surface area contributed by atoms with Crippen LogP contribution in [-0.2, 0) is 23.1 Å². The van der Waals surface area contributed by atoms with Crippen molar-refractivity contribution in [3.63, 3.8) is 0 Å². The Balaban J connectivity index is 2.14. The second kappa shape index (κ2) is 11.8. The van der Waals surface area contributed by atoms with Crippen molar-refractivity contribution in [2.24, 2.45) is 7.05 Å². The van der Waals surface area contributed by atoms with E-state index in [2.05, 4.69) is 22.9 Å². The maximum Gasteiger partial charge on any atom is 0.254 e. The van der Waals surface area contributed by atoms with Crippen molar-refractivity contribution in [1.82, 2.24) is 14.4 Å². The zero-order chi connectivity index (χ0) is 21.2. The van der Waals surface area contributed by atoms with Crippen molar-refractivity contribution in [1.29, 1.82) is 0 Å². The lowest BCUT2D eigenvalue weighted by molar-refractivity contribution is -0.132. The van der Waals surface area contributed by atoms with Gasteiger partial charge in [-0.3, -0.25) is 9.59 Å². The highest BCUT2D eigenvalue weighted by atomic mass is 79.9. The van der Waals surface area contributed by atoms with Gasteiger partial charge in [0.2, 0.25) is 5.91 Å². The second-order valence-electron chi connectivity index (χ2n) is 7.01. The lowest BCUT2D eigenvalue weighted by Gasteiger charge is -2.28. The Bertz CT molecular complexity index is 789. The van der Waals surface area contributed by atoms with Crippen LogP contribution in [0.2, 0.25) is 0 Å². The van der Waals surface area contributed by atoms with Gasteiger partial charge in [-0.05, 0) is 42.8 Å². The van der Waals surface area contributed by atoms with E-state index >= 15 is 0 Å². The molecule has 0 N–H and O–H groups in total. The van der Waals surface area contributed by atoms with Crippen LogP contribution < -0.4 is 0 Å². The molecular formula is C22H30BrN3O3. The number of rotatable bonds is 11. The van der Waals surface area contributed by atoms with Crippen molar-refractivity contribution >= 4 is 27.7 Å². The summed E-state index contributed by atoms with van der Waals surface area (Å²) < 4.78 is 8.08. The molecule has 0 atom stereocenters. The summed E-state index contributed by atoms with van der Waals surface area (Å²) in [6.07, 6.45) is 3.90. The van der Waals surface area contributed by atoms with Crippen molar-refractivity contribution in [3.8, 4) is 0 Å². The first kappa shape index (κ1) is 23.2. The van der Waals surface area contributed by atoms with Crippen LogP contribution in [0.4, 0.5) is 0 Å². The van der Waals surface area contributed by atoms with Crippen molar-refractivity contribution < 1.29 is 14.3 Å². The Morgan fingerprint density at radius 2 is 1.83 bits per heavy atom. The summed E-state index contributed by atoms with van der Waals surface area (Å²) in [5, 5.41) is 0. The summed E-state index contributed by atoms with van der Waals surface area (Å²) >= 11 is 3.38. The number of hydrogen-bond donors (Lipinski definition) is 0. The molecule has 0 bridgehead atoms. The smallest absolute Gasteiger partial charge is 0.254 e. The van der Waals surface area contributed by atoms with Gasteiger partial charge in [-0.15, -0.1) is 0 Å². The number of halogens is 1. The SMILES string of the molecule is CCCCN(Cc1cccn1C)C(=O)CN(CCOC)C(=O)c1ccc(Br)cc1. The molecular weight excluding hydrogens is 434 g/mol. The van der Waals surface area contributed by atoms with E-state index in [0.717, 1.165) is 23.0 Å². The third-order valence-electron chi connectivity index (χ3n) is 4.81. The highest BCUT2D eigenvalue weighted by molar-refractivity contribution is 9.10. The summed E-state index contributed by atoms with van der Waals surface area (Å²) in [6.45, 7) is 4.09. The van der Waals surface area contributed by atoms with Gasteiger partial charge in [0, 0.05) is 49.2 Å². The van der Waals surface area contributed by atoms with Crippen LogP contribution in [-0.4, -0.2) is 59.5 Å². The van der Waals surface area contributed by atoms with Crippen LogP contribution in [0.3, 0.4) is 0 Å². The lowest BCUT2D eigenvalue weighted by atomic mass is 10.2. The highest BCUT2D eigenvalue weighted by Crippen LogP contribution is 2.13. The minimum Gasteiger partial charge on any atom is -0.383 e. The molecule has 1 aromatic heterocycles. The molecule has 0 spiro atoms. The van der Waals surface area contributed by atoms with Gasteiger partial charge >= 0.3 is 0 Å². The first-order valence-corrected chi connectivity index (χ1v) is 10.7. The van der Waals surface area contributed by atoms with E-state index in [-0.39, 0.29) is 18.4 Å². The van der Waals surface area contributed by atoms with Gasteiger partial charge in [-0.25, -0.2) is 0 Å². The number of aromatic nitrogens is 1. The Kier molecular flexibility index (Phi) is 9.41. The molecule has 6 nitrogen and oxygen atoms in total. The van der Waals surface area contributed by atoms with E-state index in [4.69, 9.17) is 4.74 Å². The molecule has 29 heavy (non-hydrogen) atoms. The molecule has 0 aliphatic rings. The topological polar surface area (TPSA) is 54.8 Å². The Morgan fingerprint density at radius 1 is 1.10 bits per heavy atom. The highest BCUT2D eigenvalue weighted by Gasteiger charge is 2.22. The van der Waals surface area contributed by atoms with Gasteiger partial charge in [-0.2, -0.15) is 0 Å². The number of ether oxygens (including phenoxy) is 1.